The molecular weight excluding hydrogens is 322 g/mol. The number of imide groups is 1. The largest absolute Gasteiger partial charge is 0.508 e. The fourth-order valence-electron chi connectivity index (χ4n) is 2.03. The van der Waals surface area contributed by atoms with Crippen molar-refractivity contribution in [2.75, 3.05) is 4.90 Å². The Labute approximate surface area is 136 Å². The molecule has 6 heteroatoms. The summed E-state index contributed by atoms with van der Waals surface area (Å²) in [6.45, 7) is 0. The summed E-state index contributed by atoms with van der Waals surface area (Å²) >= 11 is 6.68. The topological polar surface area (TPSA) is 57.6 Å². The summed E-state index contributed by atoms with van der Waals surface area (Å²) in [6, 6.07) is 13.0. The van der Waals surface area contributed by atoms with Crippen LogP contribution in [0.4, 0.5) is 10.5 Å². The van der Waals surface area contributed by atoms with Crippen molar-refractivity contribution >= 4 is 46.3 Å². The molecule has 3 rings (SSSR count). The smallest absolute Gasteiger partial charge is 0.298 e. The first-order chi connectivity index (χ1) is 10.5. The predicted molar refractivity (Wildman–Crippen MR) is 88.0 cm³/mol. The van der Waals surface area contributed by atoms with Gasteiger partial charge < -0.3 is 5.11 Å². The molecule has 1 aliphatic heterocycles. The van der Waals surface area contributed by atoms with Gasteiger partial charge in [-0.3, -0.25) is 9.59 Å². The molecule has 0 spiro atoms. The minimum Gasteiger partial charge on any atom is -0.508 e. The van der Waals surface area contributed by atoms with Crippen LogP contribution in [-0.4, -0.2) is 16.3 Å². The second-order valence-electron chi connectivity index (χ2n) is 4.59. The highest BCUT2D eigenvalue weighted by molar-refractivity contribution is 8.19. The third-order valence-corrected chi connectivity index (χ3v) is 4.17. The molecule has 0 saturated carbocycles. The van der Waals surface area contributed by atoms with Gasteiger partial charge in [0.1, 0.15) is 5.75 Å². The highest BCUT2D eigenvalue weighted by atomic mass is 35.5. The van der Waals surface area contributed by atoms with E-state index in [1.54, 1.807) is 42.5 Å². The van der Waals surface area contributed by atoms with Crippen LogP contribution in [0.15, 0.2) is 53.4 Å². The summed E-state index contributed by atoms with van der Waals surface area (Å²) in [6.07, 6.45) is 1.64. The molecule has 4 nitrogen and oxygen atoms in total. The van der Waals surface area contributed by atoms with Gasteiger partial charge in [0, 0.05) is 11.1 Å². The molecule has 0 unspecified atom stereocenters. The Hall–Kier alpha value is -2.24. The average molecular weight is 332 g/mol. The number of halogens is 1. The Morgan fingerprint density at radius 3 is 2.50 bits per heavy atom. The van der Waals surface area contributed by atoms with Crippen molar-refractivity contribution in [1.82, 2.24) is 0 Å². The van der Waals surface area contributed by atoms with Crippen LogP contribution < -0.4 is 4.90 Å². The molecule has 1 heterocycles. The predicted octanol–water partition coefficient (Wildman–Crippen LogP) is 4.29. The molecule has 0 aromatic heterocycles. The zero-order chi connectivity index (χ0) is 15.7. The molecule has 0 bridgehead atoms. The summed E-state index contributed by atoms with van der Waals surface area (Å²) in [5.74, 6) is -0.409. The van der Waals surface area contributed by atoms with Crippen LogP contribution in [0, 0.1) is 0 Å². The number of hydrogen-bond acceptors (Lipinski definition) is 4. The van der Waals surface area contributed by atoms with Crippen LogP contribution in [0.2, 0.25) is 5.02 Å². The van der Waals surface area contributed by atoms with Crippen molar-refractivity contribution in [3.05, 3.63) is 64.0 Å². The van der Waals surface area contributed by atoms with E-state index in [-0.39, 0.29) is 5.75 Å². The maximum Gasteiger partial charge on any atom is 0.298 e. The normalized spacial score (nSPS) is 16.6. The first kappa shape index (κ1) is 14.7. The van der Waals surface area contributed by atoms with Gasteiger partial charge in [0.05, 0.1) is 10.6 Å². The average Bonchev–Trinajstić information content (AvgIpc) is 2.76. The number of nitrogens with zero attached hydrogens (tertiary/aromatic N) is 1. The molecule has 2 aromatic rings. The van der Waals surface area contributed by atoms with Gasteiger partial charge in [0.15, 0.2) is 0 Å². The van der Waals surface area contributed by atoms with Crippen LogP contribution in [0.1, 0.15) is 5.56 Å². The fraction of sp³-hybridized carbons (Fsp3) is 0. The van der Waals surface area contributed by atoms with Crippen LogP contribution in [0.5, 0.6) is 5.75 Å². The maximum absolute atomic E-state index is 12.4. The van der Waals surface area contributed by atoms with Gasteiger partial charge in [0.2, 0.25) is 0 Å². The number of phenols is 1. The number of benzene rings is 2. The fourth-order valence-corrected chi connectivity index (χ4v) is 3.00. The highest BCUT2D eigenvalue weighted by Gasteiger charge is 2.36. The lowest BCUT2D eigenvalue weighted by atomic mass is 10.2. The lowest BCUT2D eigenvalue weighted by Crippen LogP contribution is -2.27. The number of carbonyl (C=O) groups is 2. The van der Waals surface area contributed by atoms with Crippen molar-refractivity contribution in [3.63, 3.8) is 0 Å². The first-order valence-corrected chi connectivity index (χ1v) is 7.56. The standard InChI is InChI=1S/C16H10ClNO3S/c17-11-6-4-10(5-7-11)8-14-15(20)18(16(21)22-14)12-2-1-3-13(19)9-12/h1-9,19H/b14-8+. The Balaban J connectivity index is 1.93. The molecule has 1 fully saturated rings. The minimum absolute atomic E-state index is 0.00164. The van der Waals surface area contributed by atoms with E-state index in [1.165, 1.54) is 12.1 Å². The number of phenolic OH excluding ortho intramolecular Hbond substituents is 1. The molecule has 0 aliphatic carbocycles. The SMILES string of the molecule is O=C1S/C(=C/c2ccc(Cl)cc2)C(=O)N1c1cccc(O)c1. The summed E-state index contributed by atoms with van der Waals surface area (Å²) in [4.78, 5) is 25.9. The number of rotatable bonds is 2. The first-order valence-electron chi connectivity index (χ1n) is 6.37. The zero-order valence-corrected chi connectivity index (χ0v) is 12.8. The Kier molecular flexibility index (Phi) is 3.92. The number of amides is 2. The van der Waals surface area contributed by atoms with Gasteiger partial charge in [-0.05, 0) is 47.7 Å². The lowest BCUT2D eigenvalue weighted by Gasteiger charge is -2.12. The summed E-state index contributed by atoms with van der Waals surface area (Å²) in [5.41, 5.74) is 1.13. The molecule has 0 atom stereocenters. The molecule has 22 heavy (non-hydrogen) atoms. The lowest BCUT2D eigenvalue weighted by molar-refractivity contribution is -0.113. The van der Waals surface area contributed by atoms with E-state index < -0.39 is 11.1 Å². The zero-order valence-electron chi connectivity index (χ0n) is 11.2. The number of anilines is 1. The van der Waals surface area contributed by atoms with E-state index >= 15 is 0 Å². The van der Waals surface area contributed by atoms with Crippen molar-refractivity contribution in [3.8, 4) is 5.75 Å². The van der Waals surface area contributed by atoms with Crippen molar-refractivity contribution < 1.29 is 14.7 Å². The second-order valence-corrected chi connectivity index (χ2v) is 6.02. The molecule has 1 aliphatic rings. The van der Waals surface area contributed by atoms with Crippen LogP contribution in [0.25, 0.3) is 6.08 Å². The van der Waals surface area contributed by atoms with Gasteiger partial charge in [0.25, 0.3) is 11.1 Å². The molecule has 2 amide bonds. The Morgan fingerprint density at radius 2 is 1.82 bits per heavy atom. The van der Waals surface area contributed by atoms with Crippen LogP contribution >= 0.6 is 23.4 Å². The molecular formula is C16H10ClNO3S. The molecule has 1 saturated heterocycles. The third-order valence-electron chi connectivity index (χ3n) is 3.05. The van der Waals surface area contributed by atoms with E-state index in [0.29, 0.717) is 15.6 Å². The monoisotopic (exact) mass is 331 g/mol. The van der Waals surface area contributed by atoms with Gasteiger partial charge in [-0.15, -0.1) is 0 Å². The maximum atomic E-state index is 12.4. The number of thioether (sulfide) groups is 1. The minimum atomic E-state index is -0.407. The van der Waals surface area contributed by atoms with E-state index in [1.807, 2.05) is 0 Å². The van der Waals surface area contributed by atoms with E-state index in [4.69, 9.17) is 11.6 Å². The quantitative estimate of drug-likeness (QED) is 0.834. The second kappa shape index (κ2) is 5.87. The van der Waals surface area contributed by atoms with Crippen molar-refractivity contribution in [2.45, 2.75) is 0 Å². The number of carbonyl (C=O) groups excluding carboxylic acids is 2. The van der Waals surface area contributed by atoms with Crippen LogP contribution in [0.3, 0.4) is 0 Å². The third kappa shape index (κ3) is 2.86. The summed E-state index contributed by atoms with van der Waals surface area (Å²) in [7, 11) is 0. The number of hydrogen-bond donors (Lipinski definition) is 1. The van der Waals surface area contributed by atoms with Crippen LogP contribution in [-0.2, 0) is 4.79 Å². The molecule has 110 valence electrons. The van der Waals surface area contributed by atoms with Gasteiger partial charge in [-0.25, -0.2) is 4.90 Å². The van der Waals surface area contributed by atoms with E-state index in [0.717, 1.165) is 22.2 Å². The molecule has 2 aromatic carbocycles. The summed E-state index contributed by atoms with van der Waals surface area (Å²) < 4.78 is 0. The summed E-state index contributed by atoms with van der Waals surface area (Å²) in [5, 5.41) is 9.70. The van der Waals surface area contributed by atoms with Crippen molar-refractivity contribution in [1.29, 1.82) is 0 Å². The Morgan fingerprint density at radius 1 is 1.09 bits per heavy atom. The van der Waals surface area contributed by atoms with Gasteiger partial charge in [-0.2, -0.15) is 0 Å². The van der Waals surface area contributed by atoms with E-state index in [9.17, 15) is 14.7 Å². The van der Waals surface area contributed by atoms with Gasteiger partial charge >= 0.3 is 0 Å². The molecule has 0 radical (unpaired) electrons. The van der Waals surface area contributed by atoms with Gasteiger partial charge in [-0.1, -0.05) is 29.8 Å². The number of aromatic hydroxyl groups is 1. The highest BCUT2D eigenvalue weighted by Crippen LogP contribution is 2.36. The molecule has 1 N–H and O–H groups in total. The Bertz CT molecular complexity index is 786. The van der Waals surface area contributed by atoms with Crippen molar-refractivity contribution in [2.24, 2.45) is 0 Å². The van der Waals surface area contributed by atoms with E-state index in [2.05, 4.69) is 0 Å².